The molecule has 0 amide bonds. The summed E-state index contributed by atoms with van der Waals surface area (Å²) in [6, 6.07) is 15.8. The third-order valence-corrected chi connectivity index (χ3v) is 3.05. The van der Waals surface area contributed by atoms with Crippen LogP contribution in [0.25, 0.3) is 11.1 Å². The van der Waals surface area contributed by atoms with Crippen molar-refractivity contribution in [3.05, 3.63) is 48.5 Å². The average Bonchev–Trinajstić information content (AvgIpc) is 2.31. The Balaban J connectivity index is 2.46. The summed E-state index contributed by atoms with van der Waals surface area (Å²) in [5.41, 5.74) is 2.31. The van der Waals surface area contributed by atoms with E-state index < -0.39 is 0 Å². The SMILES string of the molecule is CSc1cc(-c2ccccc2)ccc1O. The molecule has 0 atom stereocenters. The van der Waals surface area contributed by atoms with E-state index in [1.807, 2.05) is 36.6 Å². The fraction of sp³-hybridized carbons (Fsp3) is 0.0769. The first-order chi connectivity index (χ1) is 7.31. The Morgan fingerprint density at radius 2 is 1.67 bits per heavy atom. The number of phenolic OH excluding ortho intramolecular Hbond substituents is 1. The molecule has 0 saturated heterocycles. The fourth-order valence-corrected chi connectivity index (χ4v) is 2.01. The molecule has 0 aliphatic heterocycles. The number of benzene rings is 2. The highest BCUT2D eigenvalue weighted by atomic mass is 32.2. The van der Waals surface area contributed by atoms with Gasteiger partial charge in [0.25, 0.3) is 0 Å². The Kier molecular flexibility index (Phi) is 2.97. The Bertz CT molecular complexity index is 451. The number of aromatic hydroxyl groups is 1. The van der Waals surface area contributed by atoms with Gasteiger partial charge in [0, 0.05) is 4.90 Å². The number of rotatable bonds is 2. The second kappa shape index (κ2) is 4.41. The largest absolute Gasteiger partial charge is 0.507 e. The van der Waals surface area contributed by atoms with Crippen LogP contribution in [-0.2, 0) is 0 Å². The molecule has 2 heteroatoms. The lowest BCUT2D eigenvalue weighted by atomic mass is 10.1. The summed E-state index contributed by atoms with van der Waals surface area (Å²) in [6.45, 7) is 0. The highest BCUT2D eigenvalue weighted by Crippen LogP contribution is 2.31. The lowest BCUT2D eigenvalue weighted by Crippen LogP contribution is -1.79. The summed E-state index contributed by atoms with van der Waals surface area (Å²) in [6.07, 6.45) is 1.96. The number of hydrogen-bond donors (Lipinski definition) is 1. The molecule has 15 heavy (non-hydrogen) atoms. The number of phenols is 1. The summed E-state index contributed by atoms with van der Waals surface area (Å²) >= 11 is 1.55. The maximum Gasteiger partial charge on any atom is 0.129 e. The van der Waals surface area contributed by atoms with Crippen molar-refractivity contribution in [2.24, 2.45) is 0 Å². The smallest absolute Gasteiger partial charge is 0.129 e. The van der Waals surface area contributed by atoms with E-state index in [0.29, 0.717) is 5.75 Å². The van der Waals surface area contributed by atoms with Crippen LogP contribution in [0.15, 0.2) is 53.4 Å². The molecule has 0 aliphatic rings. The number of thioether (sulfide) groups is 1. The molecule has 2 aromatic rings. The minimum absolute atomic E-state index is 0.349. The van der Waals surface area contributed by atoms with Gasteiger partial charge in [-0.3, -0.25) is 0 Å². The van der Waals surface area contributed by atoms with Crippen LogP contribution >= 0.6 is 11.8 Å². The zero-order valence-corrected chi connectivity index (χ0v) is 9.29. The van der Waals surface area contributed by atoms with Gasteiger partial charge in [0.1, 0.15) is 5.75 Å². The van der Waals surface area contributed by atoms with Crippen LogP contribution in [-0.4, -0.2) is 11.4 Å². The molecule has 1 nitrogen and oxygen atoms in total. The van der Waals surface area contributed by atoms with Crippen LogP contribution in [0.5, 0.6) is 5.75 Å². The Labute approximate surface area is 93.8 Å². The Hall–Kier alpha value is -1.41. The molecule has 0 fully saturated rings. The van der Waals surface area contributed by atoms with E-state index in [4.69, 9.17) is 0 Å². The molecular weight excluding hydrogens is 204 g/mol. The molecule has 0 radical (unpaired) electrons. The average molecular weight is 216 g/mol. The standard InChI is InChI=1S/C13H12OS/c1-15-13-9-11(7-8-12(13)14)10-5-3-2-4-6-10/h2-9,14H,1H3. The lowest BCUT2D eigenvalue weighted by Gasteiger charge is -2.05. The first kappa shape index (κ1) is 10.1. The second-order valence-electron chi connectivity index (χ2n) is 3.25. The van der Waals surface area contributed by atoms with E-state index in [0.717, 1.165) is 10.5 Å². The van der Waals surface area contributed by atoms with Crippen LogP contribution in [0, 0.1) is 0 Å². The van der Waals surface area contributed by atoms with Crippen molar-refractivity contribution in [2.45, 2.75) is 4.90 Å². The van der Waals surface area contributed by atoms with E-state index in [1.165, 1.54) is 5.56 Å². The molecule has 0 bridgehead atoms. The topological polar surface area (TPSA) is 20.2 Å². The van der Waals surface area contributed by atoms with Crippen molar-refractivity contribution >= 4 is 11.8 Å². The first-order valence-electron chi connectivity index (χ1n) is 4.73. The number of hydrogen-bond acceptors (Lipinski definition) is 2. The minimum Gasteiger partial charge on any atom is -0.507 e. The van der Waals surface area contributed by atoms with Crippen LogP contribution in [0.2, 0.25) is 0 Å². The van der Waals surface area contributed by atoms with Crippen LogP contribution in [0.1, 0.15) is 0 Å². The van der Waals surface area contributed by atoms with Crippen LogP contribution < -0.4 is 0 Å². The molecule has 0 heterocycles. The Morgan fingerprint density at radius 1 is 0.933 bits per heavy atom. The summed E-state index contributed by atoms with van der Waals surface area (Å²) in [4.78, 5) is 0.913. The monoisotopic (exact) mass is 216 g/mol. The van der Waals surface area contributed by atoms with Gasteiger partial charge in [-0.25, -0.2) is 0 Å². The third-order valence-electron chi connectivity index (χ3n) is 2.29. The van der Waals surface area contributed by atoms with Crippen molar-refractivity contribution in [1.29, 1.82) is 0 Å². The molecular formula is C13H12OS. The van der Waals surface area contributed by atoms with Gasteiger partial charge in [-0.2, -0.15) is 0 Å². The minimum atomic E-state index is 0.349. The molecule has 2 rings (SSSR count). The van der Waals surface area contributed by atoms with Gasteiger partial charge in [-0.15, -0.1) is 11.8 Å². The molecule has 0 saturated carbocycles. The zero-order chi connectivity index (χ0) is 10.7. The zero-order valence-electron chi connectivity index (χ0n) is 8.47. The predicted molar refractivity (Wildman–Crippen MR) is 65.3 cm³/mol. The third kappa shape index (κ3) is 2.16. The molecule has 76 valence electrons. The van der Waals surface area contributed by atoms with Crippen molar-refractivity contribution in [3.8, 4) is 16.9 Å². The van der Waals surface area contributed by atoms with E-state index in [1.54, 1.807) is 17.8 Å². The van der Waals surface area contributed by atoms with E-state index in [-0.39, 0.29) is 0 Å². The first-order valence-corrected chi connectivity index (χ1v) is 5.96. The van der Waals surface area contributed by atoms with Crippen molar-refractivity contribution in [2.75, 3.05) is 6.26 Å². The van der Waals surface area contributed by atoms with Crippen molar-refractivity contribution < 1.29 is 5.11 Å². The van der Waals surface area contributed by atoms with Gasteiger partial charge in [-0.05, 0) is 29.5 Å². The predicted octanol–water partition coefficient (Wildman–Crippen LogP) is 3.78. The normalized spacial score (nSPS) is 10.2. The van der Waals surface area contributed by atoms with Crippen molar-refractivity contribution in [3.63, 3.8) is 0 Å². The second-order valence-corrected chi connectivity index (χ2v) is 4.10. The highest BCUT2D eigenvalue weighted by molar-refractivity contribution is 7.98. The van der Waals surface area contributed by atoms with E-state index in [9.17, 15) is 5.11 Å². The molecule has 0 aliphatic carbocycles. The maximum atomic E-state index is 9.56. The fourth-order valence-electron chi connectivity index (χ4n) is 1.49. The van der Waals surface area contributed by atoms with Gasteiger partial charge in [0.2, 0.25) is 0 Å². The molecule has 1 N–H and O–H groups in total. The quantitative estimate of drug-likeness (QED) is 0.771. The highest BCUT2D eigenvalue weighted by Gasteiger charge is 2.02. The Morgan fingerprint density at radius 3 is 2.33 bits per heavy atom. The van der Waals surface area contributed by atoms with E-state index >= 15 is 0 Å². The molecule has 0 aromatic heterocycles. The van der Waals surface area contributed by atoms with Gasteiger partial charge < -0.3 is 5.11 Å². The molecule has 0 spiro atoms. The lowest BCUT2D eigenvalue weighted by molar-refractivity contribution is 0.462. The van der Waals surface area contributed by atoms with Crippen LogP contribution in [0.3, 0.4) is 0 Å². The van der Waals surface area contributed by atoms with Crippen molar-refractivity contribution in [1.82, 2.24) is 0 Å². The van der Waals surface area contributed by atoms with Gasteiger partial charge in [0.05, 0.1) is 0 Å². The summed E-state index contributed by atoms with van der Waals surface area (Å²) < 4.78 is 0. The summed E-state index contributed by atoms with van der Waals surface area (Å²) in [7, 11) is 0. The van der Waals surface area contributed by atoms with Gasteiger partial charge >= 0.3 is 0 Å². The molecule has 2 aromatic carbocycles. The molecule has 0 unspecified atom stereocenters. The summed E-state index contributed by atoms with van der Waals surface area (Å²) in [5, 5.41) is 9.56. The van der Waals surface area contributed by atoms with Gasteiger partial charge in [0.15, 0.2) is 0 Å². The van der Waals surface area contributed by atoms with E-state index in [2.05, 4.69) is 12.1 Å². The summed E-state index contributed by atoms with van der Waals surface area (Å²) in [5.74, 6) is 0.349. The maximum absolute atomic E-state index is 9.56. The van der Waals surface area contributed by atoms with Crippen LogP contribution in [0.4, 0.5) is 0 Å². The van der Waals surface area contributed by atoms with Gasteiger partial charge in [-0.1, -0.05) is 36.4 Å².